The van der Waals surface area contributed by atoms with Gasteiger partial charge in [-0.05, 0) is 13.8 Å². The topological polar surface area (TPSA) is 116 Å². The molecule has 0 radical (unpaired) electrons. The molecule has 2 amide bonds. The zero-order valence-electron chi connectivity index (χ0n) is 15.3. The summed E-state index contributed by atoms with van der Waals surface area (Å²) < 4.78 is 4.54. The van der Waals surface area contributed by atoms with Gasteiger partial charge in [-0.3, -0.25) is 9.59 Å². The number of nitrogens with one attached hydrogen (secondary N) is 1. The van der Waals surface area contributed by atoms with Gasteiger partial charge in [0, 0.05) is 16.3 Å². The predicted octanol–water partition coefficient (Wildman–Crippen LogP) is -3.85. The van der Waals surface area contributed by atoms with Crippen LogP contribution in [0.2, 0.25) is 0 Å². The third-order valence-corrected chi connectivity index (χ3v) is 8.61. The molecule has 8 nitrogen and oxygen atoms in total. The maximum Gasteiger partial charge on any atom is 1.00 e. The number of amides is 2. The normalized spacial score (nSPS) is 28.0. The molecule has 3 aliphatic rings. The zero-order chi connectivity index (χ0) is 19.2. The van der Waals surface area contributed by atoms with Crippen LogP contribution in [0, 0.1) is 0 Å². The third-order valence-electron chi connectivity index (χ3n) is 4.32. The Balaban J connectivity index is 0.00000261. The van der Waals surface area contributed by atoms with Crippen molar-refractivity contribution < 1.29 is 58.6 Å². The molecule has 1 unspecified atom stereocenters. The Bertz CT molecular complexity index is 720. The maximum atomic E-state index is 12.6. The summed E-state index contributed by atoms with van der Waals surface area (Å²) in [6.45, 7) is 3.44. The molecule has 12 heteroatoms. The molecule has 3 fully saturated rings. The molecule has 0 aromatic heterocycles. The van der Waals surface area contributed by atoms with Gasteiger partial charge in [-0.15, -0.1) is 35.3 Å². The Morgan fingerprint density at radius 2 is 1.85 bits per heavy atom. The molecule has 3 aliphatic heterocycles. The van der Waals surface area contributed by atoms with Crippen LogP contribution in [0.4, 0.5) is 0 Å². The standard InChI is InChI=1S/C15H18N2O6S3.Na/c1-15(2)8(12(20)21)17-10(19)7(11(17)26-15)16-9(18)6(13(22)23-3)14-24-4-5-25-14;/h7-8,11H,4-5H2,1-3H3,(H,16,18)(H,20,21);/q;+1/p-1/t7-,8?,11+;/m1./s1. The molecule has 27 heavy (non-hydrogen) atoms. The van der Waals surface area contributed by atoms with E-state index in [0.717, 1.165) is 11.5 Å². The minimum atomic E-state index is -1.32. The van der Waals surface area contributed by atoms with Crippen LogP contribution in [0.1, 0.15) is 13.8 Å². The van der Waals surface area contributed by atoms with Crippen LogP contribution in [-0.4, -0.2) is 69.5 Å². The van der Waals surface area contributed by atoms with E-state index >= 15 is 0 Å². The van der Waals surface area contributed by atoms with Crippen molar-refractivity contribution in [2.45, 2.75) is 36.1 Å². The summed E-state index contributed by atoms with van der Waals surface area (Å²) in [5, 5.41) is 13.5. The fourth-order valence-electron chi connectivity index (χ4n) is 3.17. The quantitative estimate of drug-likeness (QED) is 0.117. The Morgan fingerprint density at radius 3 is 2.37 bits per heavy atom. The number of carboxylic acids is 1. The van der Waals surface area contributed by atoms with Gasteiger partial charge in [0.25, 0.3) is 5.91 Å². The van der Waals surface area contributed by atoms with E-state index in [0.29, 0.717) is 4.24 Å². The van der Waals surface area contributed by atoms with Gasteiger partial charge < -0.3 is 24.9 Å². The van der Waals surface area contributed by atoms with Crippen LogP contribution < -0.4 is 40.0 Å². The molecular formula is C15H17N2NaO6S3. The van der Waals surface area contributed by atoms with Crippen molar-refractivity contribution in [3.8, 4) is 0 Å². The molecule has 0 spiro atoms. The minimum absolute atomic E-state index is 0. The minimum Gasteiger partial charge on any atom is -0.548 e. The molecule has 3 atom stereocenters. The Morgan fingerprint density at radius 1 is 1.26 bits per heavy atom. The Kier molecular flexibility index (Phi) is 7.29. The zero-order valence-corrected chi connectivity index (χ0v) is 19.7. The molecule has 3 heterocycles. The SMILES string of the molecule is COC(=O)C(C(=O)N[C@@H]1C(=O)N2C(C(=O)[O-])C(C)(C)S[C@@H]12)=C1SCCS1.[Na+]. The van der Waals surface area contributed by atoms with Gasteiger partial charge in [0.1, 0.15) is 17.0 Å². The number of carboxylic acid groups (broad SMARTS) is 1. The van der Waals surface area contributed by atoms with Gasteiger partial charge in [-0.2, -0.15) is 0 Å². The number of nitrogens with zero attached hydrogens (tertiary/aromatic N) is 1. The number of methoxy groups -OCH3 is 1. The van der Waals surface area contributed by atoms with E-state index in [4.69, 9.17) is 4.74 Å². The summed E-state index contributed by atoms with van der Waals surface area (Å²) in [7, 11) is 1.19. The van der Waals surface area contributed by atoms with E-state index < -0.39 is 46.0 Å². The number of β-lactam (4-membered cyclic amide) rings is 1. The van der Waals surface area contributed by atoms with E-state index in [9.17, 15) is 24.3 Å². The first-order valence-corrected chi connectivity index (χ1v) is 10.6. The maximum absolute atomic E-state index is 12.6. The van der Waals surface area contributed by atoms with Crippen molar-refractivity contribution in [3.05, 3.63) is 9.81 Å². The number of carbonyl (C=O) groups excluding carboxylic acids is 4. The van der Waals surface area contributed by atoms with E-state index in [1.54, 1.807) is 13.8 Å². The second-order valence-corrected chi connectivity index (χ2v) is 10.6. The Hall–Kier alpha value is -0.330. The monoisotopic (exact) mass is 440 g/mol. The molecule has 1 N–H and O–H groups in total. The molecule has 142 valence electrons. The summed E-state index contributed by atoms with van der Waals surface area (Å²) in [6.07, 6.45) is 0. The summed E-state index contributed by atoms with van der Waals surface area (Å²) >= 11 is 4.08. The number of hydrogen-bond acceptors (Lipinski definition) is 9. The van der Waals surface area contributed by atoms with Crippen molar-refractivity contribution in [2.75, 3.05) is 18.6 Å². The molecule has 0 aromatic rings. The van der Waals surface area contributed by atoms with E-state index in [1.807, 2.05) is 0 Å². The molecular weight excluding hydrogens is 423 g/mol. The number of esters is 1. The Labute approximate surface area is 191 Å². The average Bonchev–Trinajstić information content (AvgIpc) is 3.17. The van der Waals surface area contributed by atoms with Gasteiger partial charge in [-0.25, -0.2) is 4.79 Å². The molecule has 3 rings (SSSR count). The van der Waals surface area contributed by atoms with Crippen molar-refractivity contribution >= 4 is 59.0 Å². The van der Waals surface area contributed by atoms with Crippen LogP contribution in [0.15, 0.2) is 9.81 Å². The van der Waals surface area contributed by atoms with Gasteiger partial charge >= 0.3 is 35.5 Å². The van der Waals surface area contributed by atoms with E-state index in [2.05, 4.69) is 5.32 Å². The largest absolute Gasteiger partial charge is 1.00 e. The molecule has 0 aliphatic carbocycles. The molecule has 3 saturated heterocycles. The van der Waals surface area contributed by atoms with Crippen LogP contribution in [0.25, 0.3) is 0 Å². The first kappa shape index (κ1) is 23.0. The number of thioether (sulfide) groups is 3. The number of rotatable bonds is 4. The number of hydrogen-bond donors (Lipinski definition) is 1. The van der Waals surface area contributed by atoms with Crippen LogP contribution in [0.3, 0.4) is 0 Å². The first-order valence-electron chi connectivity index (χ1n) is 7.79. The van der Waals surface area contributed by atoms with Crippen LogP contribution in [0.5, 0.6) is 0 Å². The summed E-state index contributed by atoms with van der Waals surface area (Å²) in [5.41, 5.74) is -0.107. The van der Waals surface area contributed by atoms with Gasteiger partial charge in [0.05, 0.1) is 23.4 Å². The average molecular weight is 441 g/mol. The smallest absolute Gasteiger partial charge is 0.548 e. The van der Waals surface area contributed by atoms with Crippen molar-refractivity contribution in [1.29, 1.82) is 0 Å². The summed E-state index contributed by atoms with van der Waals surface area (Å²) in [4.78, 5) is 49.7. The third kappa shape index (κ3) is 4.04. The number of fused-ring (bicyclic) bond motifs is 1. The van der Waals surface area contributed by atoms with E-state index in [-0.39, 0.29) is 35.1 Å². The van der Waals surface area contributed by atoms with Crippen LogP contribution >= 0.6 is 35.3 Å². The van der Waals surface area contributed by atoms with Gasteiger partial charge in [0.15, 0.2) is 0 Å². The second kappa shape index (κ2) is 8.58. The fraction of sp³-hybridized carbons (Fsp3) is 0.600. The number of aliphatic carboxylic acids is 1. The first-order chi connectivity index (χ1) is 12.2. The van der Waals surface area contributed by atoms with Crippen LogP contribution in [-0.2, 0) is 23.9 Å². The fourth-order valence-corrected chi connectivity index (χ4v) is 7.30. The van der Waals surface area contributed by atoms with Crippen molar-refractivity contribution in [2.24, 2.45) is 0 Å². The van der Waals surface area contributed by atoms with Gasteiger partial charge in [0.2, 0.25) is 5.91 Å². The molecule has 0 saturated carbocycles. The van der Waals surface area contributed by atoms with Crippen molar-refractivity contribution in [3.63, 3.8) is 0 Å². The van der Waals surface area contributed by atoms with Gasteiger partial charge in [-0.1, -0.05) is 0 Å². The second-order valence-electron chi connectivity index (χ2n) is 6.38. The number of ether oxygens (including phenoxy) is 1. The summed E-state index contributed by atoms with van der Waals surface area (Å²) in [5.74, 6) is -1.68. The predicted molar refractivity (Wildman–Crippen MR) is 97.0 cm³/mol. The molecule has 0 bridgehead atoms. The summed E-state index contributed by atoms with van der Waals surface area (Å²) in [6, 6.07) is -1.94. The number of carbonyl (C=O) groups is 4. The van der Waals surface area contributed by atoms with Crippen molar-refractivity contribution in [1.82, 2.24) is 10.2 Å². The van der Waals surface area contributed by atoms with E-state index in [1.165, 1.54) is 47.3 Å². The molecule has 0 aromatic carbocycles.